The predicted octanol–water partition coefficient (Wildman–Crippen LogP) is 5.80. The second-order valence-corrected chi connectivity index (χ2v) is 19.5. The number of rotatable bonds is 9. The second-order valence-electron chi connectivity index (χ2n) is 8.49. The molecule has 4 heteroatoms. The van der Waals surface area contributed by atoms with Crippen LogP contribution in [-0.4, -0.2) is 28.7 Å². The van der Waals surface area contributed by atoms with Crippen molar-refractivity contribution in [3.8, 4) is 0 Å². The lowest BCUT2D eigenvalue weighted by Gasteiger charge is -2.53. The molecule has 0 saturated carbocycles. The van der Waals surface area contributed by atoms with Gasteiger partial charge in [-0.2, -0.15) is 0 Å². The normalized spacial score (nSPS) is 15.0. The Bertz CT molecular complexity index is 520. The van der Waals surface area contributed by atoms with Crippen LogP contribution in [-0.2, 0) is 14.2 Å². The lowest BCUT2D eigenvalue weighted by molar-refractivity contribution is -0.143. The number of carbonyl (C=O) groups excluding carboxylic acids is 1. The molecule has 1 unspecified atom stereocenters. The van der Waals surface area contributed by atoms with E-state index in [4.69, 9.17) is 4.74 Å². The molecule has 0 radical (unpaired) electrons. The molecule has 0 saturated heterocycles. The second kappa shape index (κ2) is 8.48. The molecule has 0 N–H and O–H groups in total. The highest BCUT2D eigenvalue weighted by molar-refractivity contribution is 6.99. The highest BCUT2D eigenvalue weighted by atomic mass is 28.4. The van der Waals surface area contributed by atoms with Gasteiger partial charge >= 0.3 is 5.97 Å². The summed E-state index contributed by atoms with van der Waals surface area (Å²) in [5, 5.41) is 0. The van der Waals surface area contributed by atoms with Crippen molar-refractivity contribution in [3.63, 3.8) is 0 Å². The van der Waals surface area contributed by atoms with Gasteiger partial charge in [0.15, 0.2) is 0 Å². The minimum atomic E-state index is -1.71. The van der Waals surface area contributed by atoms with E-state index in [9.17, 15) is 4.79 Å². The number of benzene rings is 1. The van der Waals surface area contributed by atoms with Gasteiger partial charge in [-0.3, -0.25) is 4.79 Å². The van der Waals surface area contributed by atoms with Crippen LogP contribution < -0.4 is 0 Å². The largest absolute Gasteiger partial charge is 0.466 e. The zero-order chi connectivity index (χ0) is 18.4. The van der Waals surface area contributed by atoms with Gasteiger partial charge < -0.3 is 4.74 Å². The Morgan fingerprint density at radius 1 is 1.04 bits per heavy atom. The lowest BCUT2D eigenvalue weighted by atomic mass is 10.1. The van der Waals surface area contributed by atoms with E-state index >= 15 is 0 Å². The maximum atomic E-state index is 12.6. The third-order valence-electron chi connectivity index (χ3n) is 5.57. The summed E-state index contributed by atoms with van der Waals surface area (Å²) in [6.07, 6.45) is 3.01. The quantitative estimate of drug-likeness (QED) is 0.409. The number of hydrogen-bond acceptors (Lipinski definition) is 2. The molecular formula is C20H36O2Si2. The van der Waals surface area contributed by atoms with Gasteiger partial charge in [-0.05, 0) is 17.1 Å². The van der Waals surface area contributed by atoms with Crippen LogP contribution in [0, 0.1) is 0 Å². The summed E-state index contributed by atoms with van der Waals surface area (Å²) in [6.45, 7) is 16.9. The number of unbranched alkanes of at least 4 members (excludes halogenated alkanes) is 1. The van der Waals surface area contributed by atoms with E-state index < -0.39 is 16.1 Å². The van der Waals surface area contributed by atoms with Crippen LogP contribution in [0.5, 0.6) is 0 Å². The van der Waals surface area contributed by atoms with Gasteiger partial charge in [-0.1, -0.05) is 88.9 Å². The molecule has 136 valence electrons. The first kappa shape index (κ1) is 21.2. The Morgan fingerprint density at radius 2 is 1.62 bits per heavy atom. The summed E-state index contributed by atoms with van der Waals surface area (Å²) < 4.78 is 5.42. The van der Waals surface area contributed by atoms with Gasteiger partial charge in [-0.25, -0.2) is 0 Å². The van der Waals surface area contributed by atoms with Crippen molar-refractivity contribution in [1.29, 1.82) is 0 Å². The number of esters is 1. The Hall–Kier alpha value is -0.876. The summed E-state index contributed by atoms with van der Waals surface area (Å²) in [6, 6.07) is 12.1. The predicted molar refractivity (Wildman–Crippen MR) is 110 cm³/mol. The standard InChI is InChI=1S/C20H36O2Si2/c1-8-10-16-24(6,7)20(23(3,4)5,17-19(21)22-9-2)18-14-12-11-13-15-18/h11-15H,8-10,16-17H2,1-7H3. The molecule has 0 aliphatic carbocycles. The van der Waals surface area contributed by atoms with E-state index in [1.165, 1.54) is 24.4 Å². The molecule has 2 nitrogen and oxygen atoms in total. The molecule has 0 spiro atoms. The zero-order valence-electron chi connectivity index (χ0n) is 16.7. The maximum Gasteiger partial charge on any atom is 0.306 e. The van der Waals surface area contributed by atoms with Gasteiger partial charge in [0.25, 0.3) is 0 Å². The van der Waals surface area contributed by atoms with Crippen LogP contribution >= 0.6 is 0 Å². The first-order valence-corrected chi connectivity index (χ1v) is 16.0. The monoisotopic (exact) mass is 364 g/mol. The van der Waals surface area contributed by atoms with Crippen molar-refractivity contribution < 1.29 is 9.53 Å². The SMILES string of the molecule is CCCC[Si](C)(C)C(CC(=O)OCC)(c1ccccc1)[Si](C)(C)C. The Balaban J connectivity index is 3.53. The van der Waals surface area contributed by atoms with E-state index in [1.807, 2.05) is 6.92 Å². The minimum absolute atomic E-state index is 0.00266. The van der Waals surface area contributed by atoms with Gasteiger partial charge in [-0.15, -0.1) is 0 Å². The molecule has 0 aromatic heterocycles. The fraction of sp³-hybridized carbons (Fsp3) is 0.650. The Labute approximate surface area is 151 Å². The van der Waals surface area contributed by atoms with Crippen LogP contribution in [0.15, 0.2) is 30.3 Å². The van der Waals surface area contributed by atoms with Crippen molar-refractivity contribution in [2.45, 2.75) is 76.6 Å². The van der Waals surface area contributed by atoms with Crippen molar-refractivity contribution in [2.24, 2.45) is 0 Å². The number of ether oxygens (including phenoxy) is 1. The molecule has 0 aliphatic rings. The summed E-state index contributed by atoms with van der Waals surface area (Å²) in [7, 11) is -3.41. The summed E-state index contributed by atoms with van der Waals surface area (Å²) in [4.78, 5) is 12.6. The van der Waals surface area contributed by atoms with Crippen LogP contribution in [0.2, 0.25) is 38.8 Å². The van der Waals surface area contributed by atoms with E-state index in [0.717, 1.165) is 0 Å². The van der Waals surface area contributed by atoms with Gasteiger partial charge in [0.05, 0.1) is 29.2 Å². The highest BCUT2D eigenvalue weighted by Gasteiger charge is 2.56. The summed E-state index contributed by atoms with van der Waals surface area (Å²) in [5.74, 6) is -0.0270. The minimum Gasteiger partial charge on any atom is -0.466 e. The Morgan fingerprint density at radius 3 is 2.08 bits per heavy atom. The maximum absolute atomic E-state index is 12.6. The van der Waals surface area contributed by atoms with Crippen LogP contribution in [0.4, 0.5) is 0 Å². The van der Waals surface area contributed by atoms with E-state index in [0.29, 0.717) is 13.0 Å². The van der Waals surface area contributed by atoms with E-state index in [1.54, 1.807) is 0 Å². The zero-order valence-corrected chi connectivity index (χ0v) is 18.7. The molecule has 1 atom stereocenters. The molecule has 1 rings (SSSR count). The number of hydrogen-bond donors (Lipinski definition) is 0. The topological polar surface area (TPSA) is 26.3 Å². The average molecular weight is 365 g/mol. The molecule has 0 fully saturated rings. The molecule has 1 aromatic carbocycles. The van der Waals surface area contributed by atoms with Gasteiger partial charge in [0.2, 0.25) is 0 Å². The van der Waals surface area contributed by atoms with Crippen molar-refractivity contribution in [3.05, 3.63) is 35.9 Å². The van der Waals surface area contributed by atoms with Crippen molar-refractivity contribution in [2.75, 3.05) is 6.61 Å². The van der Waals surface area contributed by atoms with Crippen LogP contribution in [0.1, 0.15) is 38.7 Å². The highest BCUT2D eigenvalue weighted by Crippen LogP contribution is 2.47. The molecule has 0 bridgehead atoms. The third kappa shape index (κ3) is 4.39. The third-order valence-corrected chi connectivity index (χ3v) is 17.3. The Kier molecular flexibility index (Phi) is 7.48. The smallest absolute Gasteiger partial charge is 0.306 e. The van der Waals surface area contributed by atoms with Gasteiger partial charge in [0.1, 0.15) is 0 Å². The molecule has 0 aliphatic heterocycles. The van der Waals surface area contributed by atoms with E-state index in [-0.39, 0.29) is 10.6 Å². The fourth-order valence-electron chi connectivity index (χ4n) is 4.43. The van der Waals surface area contributed by atoms with Crippen molar-refractivity contribution >= 4 is 22.1 Å². The van der Waals surface area contributed by atoms with E-state index in [2.05, 4.69) is 70.0 Å². The number of carbonyl (C=O) groups is 1. The summed E-state index contributed by atoms with van der Waals surface area (Å²) >= 11 is 0. The first-order chi connectivity index (χ1) is 11.1. The molecule has 24 heavy (non-hydrogen) atoms. The van der Waals surface area contributed by atoms with Crippen LogP contribution in [0.25, 0.3) is 0 Å². The summed E-state index contributed by atoms with van der Waals surface area (Å²) in [5.41, 5.74) is 1.37. The molecular weight excluding hydrogens is 328 g/mol. The molecule has 1 aromatic rings. The van der Waals surface area contributed by atoms with Crippen LogP contribution in [0.3, 0.4) is 0 Å². The molecule has 0 amide bonds. The lowest BCUT2D eigenvalue weighted by Crippen LogP contribution is -2.65. The molecule has 0 heterocycles. The fourth-order valence-corrected chi connectivity index (χ4v) is 17.9. The first-order valence-electron chi connectivity index (χ1n) is 9.33. The van der Waals surface area contributed by atoms with Crippen molar-refractivity contribution in [1.82, 2.24) is 0 Å². The van der Waals surface area contributed by atoms with Gasteiger partial charge in [0, 0.05) is 0 Å². The average Bonchev–Trinajstić information content (AvgIpc) is 2.50.